The molecule has 3 amide bonds. The van der Waals surface area contributed by atoms with E-state index in [2.05, 4.69) is 17.6 Å². The van der Waals surface area contributed by atoms with Gasteiger partial charge in [0.2, 0.25) is 11.8 Å². The Morgan fingerprint density at radius 1 is 1.18 bits per heavy atom. The molecule has 2 rings (SSSR count). The molecule has 0 spiro atoms. The molecule has 1 fully saturated rings. The van der Waals surface area contributed by atoms with Gasteiger partial charge in [0.15, 0.2) is 0 Å². The zero-order chi connectivity index (χ0) is 25.5. The van der Waals surface area contributed by atoms with Gasteiger partial charge in [-0.05, 0) is 65.0 Å². The van der Waals surface area contributed by atoms with E-state index < -0.39 is 36.3 Å². The van der Waals surface area contributed by atoms with Crippen molar-refractivity contribution in [3.8, 4) is 0 Å². The molecule has 1 aliphatic carbocycles. The van der Waals surface area contributed by atoms with Crippen molar-refractivity contribution in [2.45, 2.75) is 97.4 Å². The van der Waals surface area contributed by atoms with Gasteiger partial charge in [0.1, 0.15) is 17.7 Å². The lowest BCUT2D eigenvalue weighted by atomic mass is 9.96. The maximum Gasteiger partial charge on any atom is 0.408 e. The average molecular weight is 476 g/mol. The maximum atomic E-state index is 13.7. The van der Waals surface area contributed by atoms with Gasteiger partial charge in [0.25, 0.3) is 0 Å². The zero-order valence-electron chi connectivity index (χ0n) is 21.4. The maximum absolute atomic E-state index is 13.7. The van der Waals surface area contributed by atoms with Crippen LogP contribution in [0.15, 0.2) is 18.2 Å². The number of carbonyl (C=O) groups excluding carboxylic acids is 3. The summed E-state index contributed by atoms with van der Waals surface area (Å²) >= 11 is 0. The van der Waals surface area contributed by atoms with Gasteiger partial charge in [-0.25, -0.2) is 4.79 Å². The lowest BCUT2D eigenvalue weighted by Gasteiger charge is -2.35. The lowest BCUT2D eigenvalue weighted by Crippen LogP contribution is -2.55. The van der Waals surface area contributed by atoms with E-state index in [-0.39, 0.29) is 11.9 Å². The van der Waals surface area contributed by atoms with Crippen LogP contribution < -0.4 is 10.6 Å². The van der Waals surface area contributed by atoms with E-state index in [0.29, 0.717) is 6.54 Å². The van der Waals surface area contributed by atoms with Gasteiger partial charge < -0.3 is 25.4 Å². The number of benzene rings is 1. The van der Waals surface area contributed by atoms with E-state index in [1.165, 1.54) is 0 Å². The molecule has 0 heterocycles. The van der Waals surface area contributed by atoms with Crippen molar-refractivity contribution in [2.75, 3.05) is 13.2 Å². The van der Waals surface area contributed by atoms with Gasteiger partial charge >= 0.3 is 6.09 Å². The number of aliphatic hydroxyl groups excluding tert-OH is 1. The second-order valence-electron chi connectivity index (χ2n) is 10.1. The highest BCUT2D eigenvalue weighted by Crippen LogP contribution is 2.36. The second kappa shape index (κ2) is 12.2. The molecular formula is C26H41N3O5. The number of rotatable bonds is 11. The highest BCUT2D eigenvalue weighted by Gasteiger charge is 2.44. The molecule has 1 saturated carbocycles. The Hall–Kier alpha value is -2.61. The van der Waals surface area contributed by atoms with E-state index in [1.807, 2.05) is 32.0 Å². The molecule has 1 aromatic carbocycles. The summed E-state index contributed by atoms with van der Waals surface area (Å²) in [4.78, 5) is 41.0. The molecule has 2 atom stereocenters. The van der Waals surface area contributed by atoms with Gasteiger partial charge in [-0.3, -0.25) is 9.59 Å². The van der Waals surface area contributed by atoms with E-state index in [4.69, 9.17) is 4.74 Å². The molecule has 0 bridgehead atoms. The van der Waals surface area contributed by atoms with Crippen LogP contribution >= 0.6 is 0 Å². The number of unbranched alkanes of at least 4 members (excludes halogenated alkanes) is 2. The fraction of sp³-hybridized carbons (Fsp3) is 0.654. The SMILES string of the molecule is CCCCCNC(=O)C(c1cc(C)ccc1C)N(C(=O)C(CO)NC(=O)OC(C)(C)C)C1CC1. The summed E-state index contributed by atoms with van der Waals surface area (Å²) in [5.41, 5.74) is 1.89. The van der Waals surface area contributed by atoms with Gasteiger partial charge in [-0.1, -0.05) is 43.5 Å². The van der Waals surface area contributed by atoms with Crippen molar-refractivity contribution in [1.82, 2.24) is 15.5 Å². The second-order valence-corrected chi connectivity index (χ2v) is 10.1. The smallest absolute Gasteiger partial charge is 0.408 e. The Morgan fingerprint density at radius 3 is 2.41 bits per heavy atom. The summed E-state index contributed by atoms with van der Waals surface area (Å²) < 4.78 is 5.27. The molecule has 0 saturated heterocycles. The van der Waals surface area contributed by atoms with Crippen molar-refractivity contribution in [3.05, 3.63) is 34.9 Å². The first kappa shape index (κ1) is 27.6. The molecule has 8 heteroatoms. The number of aliphatic hydroxyl groups is 1. The first-order valence-corrected chi connectivity index (χ1v) is 12.3. The largest absolute Gasteiger partial charge is 0.444 e. The van der Waals surface area contributed by atoms with Crippen LogP contribution in [-0.2, 0) is 14.3 Å². The Balaban J connectivity index is 2.37. The van der Waals surface area contributed by atoms with Crippen LogP contribution in [-0.4, -0.2) is 58.8 Å². The average Bonchev–Trinajstić information content (AvgIpc) is 3.58. The molecule has 0 aliphatic heterocycles. The van der Waals surface area contributed by atoms with Gasteiger partial charge in [-0.15, -0.1) is 0 Å². The van der Waals surface area contributed by atoms with Crippen molar-refractivity contribution in [2.24, 2.45) is 0 Å². The first-order chi connectivity index (χ1) is 16.0. The number of ether oxygens (including phenoxy) is 1. The number of hydrogen-bond donors (Lipinski definition) is 3. The highest BCUT2D eigenvalue weighted by atomic mass is 16.6. The van der Waals surface area contributed by atoms with Crippen molar-refractivity contribution >= 4 is 17.9 Å². The van der Waals surface area contributed by atoms with E-state index in [9.17, 15) is 19.5 Å². The summed E-state index contributed by atoms with van der Waals surface area (Å²) in [5.74, 6) is -0.746. The van der Waals surface area contributed by atoms with E-state index in [0.717, 1.165) is 48.8 Å². The van der Waals surface area contributed by atoms with Gasteiger partial charge in [-0.2, -0.15) is 0 Å². The van der Waals surface area contributed by atoms with Crippen LogP contribution in [0.3, 0.4) is 0 Å². The third kappa shape index (κ3) is 8.01. The van der Waals surface area contributed by atoms with Crippen LogP contribution in [0.4, 0.5) is 4.79 Å². The van der Waals surface area contributed by atoms with Crippen LogP contribution in [0.1, 0.15) is 82.5 Å². The summed E-state index contributed by atoms with van der Waals surface area (Å²) in [6.07, 6.45) is 3.65. The summed E-state index contributed by atoms with van der Waals surface area (Å²) in [6, 6.07) is 3.66. The quantitative estimate of drug-likeness (QED) is 0.425. The number of nitrogens with one attached hydrogen (secondary N) is 2. The monoisotopic (exact) mass is 475 g/mol. The first-order valence-electron chi connectivity index (χ1n) is 12.3. The molecule has 1 aromatic rings. The Labute approximate surface area is 203 Å². The Bertz CT molecular complexity index is 860. The van der Waals surface area contributed by atoms with Crippen molar-refractivity contribution in [1.29, 1.82) is 0 Å². The molecule has 0 aromatic heterocycles. The van der Waals surface area contributed by atoms with Crippen molar-refractivity contribution < 1.29 is 24.2 Å². The molecule has 8 nitrogen and oxygen atoms in total. The molecule has 2 unspecified atom stereocenters. The number of aryl methyl sites for hydroxylation is 2. The van der Waals surface area contributed by atoms with Gasteiger partial charge in [0.05, 0.1) is 6.61 Å². The minimum Gasteiger partial charge on any atom is -0.444 e. The fourth-order valence-electron chi connectivity index (χ4n) is 3.84. The Morgan fingerprint density at radius 2 is 1.85 bits per heavy atom. The van der Waals surface area contributed by atoms with Crippen LogP contribution in [0.25, 0.3) is 0 Å². The van der Waals surface area contributed by atoms with Crippen LogP contribution in [0.2, 0.25) is 0 Å². The molecule has 3 N–H and O–H groups in total. The minimum atomic E-state index is -1.21. The van der Waals surface area contributed by atoms with E-state index in [1.54, 1.807) is 25.7 Å². The van der Waals surface area contributed by atoms with Crippen molar-refractivity contribution in [3.63, 3.8) is 0 Å². The Kier molecular flexibility index (Phi) is 9.91. The number of amides is 3. The standard InChI is InChI=1S/C26H41N3O5/c1-7-8-9-14-27-23(31)22(20-15-17(2)10-11-18(20)3)29(19-12-13-19)24(32)21(16-30)28-25(33)34-26(4,5)6/h10-11,15,19,21-22,30H,7-9,12-14,16H2,1-6H3,(H,27,31)(H,28,33). The summed E-state index contributed by atoms with van der Waals surface area (Å²) in [7, 11) is 0. The van der Waals surface area contributed by atoms with Gasteiger partial charge in [0, 0.05) is 12.6 Å². The molecule has 1 aliphatic rings. The lowest BCUT2D eigenvalue weighted by molar-refractivity contribution is -0.144. The van der Waals surface area contributed by atoms with E-state index >= 15 is 0 Å². The topological polar surface area (TPSA) is 108 Å². The highest BCUT2D eigenvalue weighted by molar-refractivity contribution is 5.92. The van der Waals surface area contributed by atoms with Crippen LogP contribution in [0.5, 0.6) is 0 Å². The third-order valence-corrected chi connectivity index (χ3v) is 5.70. The molecule has 0 radical (unpaired) electrons. The minimum absolute atomic E-state index is 0.131. The summed E-state index contributed by atoms with van der Waals surface area (Å²) in [5, 5.41) is 15.5. The summed E-state index contributed by atoms with van der Waals surface area (Å²) in [6.45, 7) is 11.1. The predicted molar refractivity (Wildman–Crippen MR) is 131 cm³/mol. The molecule has 190 valence electrons. The number of alkyl carbamates (subject to hydrolysis) is 1. The zero-order valence-corrected chi connectivity index (χ0v) is 21.4. The third-order valence-electron chi connectivity index (χ3n) is 5.70. The predicted octanol–water partition coefficient (Wildman–Crippen LogP) is 3.53. The molecular weight excluding hydrogens is 434 g/mol. The number of nitrogens with zero attached hydrogens (tertiary/aromatic N) is 1. The normalized spacial score (nSPS) is 15.3. The number of hydrogen-bond acceptors (Lipinski definition) is 5. The molecule has 34 heavy (non-hydrogen) atoms. The van der Waals surface area contributed by atoms with Crippen LogP contribution in [0, 0.1) is 13.8 Å². The fourth-order valence-corrected chi connectivity index (χ4v) is 3.84. The number of carbonyl (C=O) groups is 3.